The molecule has 28 heavy (non-hydrogen) atoms. The molecule has 3 rings (SSSR count). The molecule has 0 bridgehead atoms. The summed E-state index contributed by atoms with van der Waals surface area (Å²) in [4.78, 5) is 24.6. The third kappa shape index (κ3) is 3.83. The van der Waals surface area contributed by atoms with Crippen molar-refractivity contribution >= 4 is 50.5 Å². The zero-order chi connectivity index (χ0) is 20.1. The number of benzene rings is 1. The Morgan fingerprint density at radius 3 is 2.43 bits per heavy atom. The number of sulfonamides is 1. The molecule has 13 heteroatoms. The molecular weight excluding hydrogens is 437 g/mol. The Labute approximate surface area is 191 Å². The maximum Gasteiger partial charge on any atom is 1.00 e. The molecule has 1 unspecified atom stereocenters. The van der Waals surface area contributed by atoms with Gasteiger partial charge in [0.05, 0.1) is 44.6 Å². The smallest absolute Gasteiger partial charge is 0.548 e. The molecule has 0 aromatic heterocycles. The molecule has 0 spiro atoms. The normalized spacial score (nSPS) is 27.1. The van der Waals surface area contributed by atoms with Gasteiger partial charge in [-0.3, -0.25) is 9.00 Å². The average Bonchev–Trinajstić information content (AvgIpc) is 2.76. The number of rotatable bonds is 5. The molecule has 1 aromatic carbocycles. The second-order valence-electron chi connectivity index (χ2n) is 6.65. The monoisotopic (exact) mass is 453 g/mol. The molecule has 0 radical (unpaired) electrons. The van der Waals surface area contributed by atoms with Crippen molar-refractivity contribution in [3.63, 3.8) is 0 Å². The number of aliphatic carboxylic acids is 1. The summed E-state index contributed by atoms with van der Waals surface area (Å²) in [6, 6.07) is 4.82. The van der Waals surface area contributed by atoms with Crippen LogP contribution < -0.4 is 38.8 Å². The molecule has 146 valence electrons. The molecule has 2 heterocycles. The van der Waals surface area contributed by atoms with Gasteiger partial charge >= 0.3 is 29.6 Å². The number of carboxylic acids is 1. The zero-order valence-electron chi connectivity index (χ0n) is 15.5. The number of amides is 1. The van der Waals surface area contributed by atoms with Crippen LogP contribution in [0.3, 0.4) is 0 Å². The van der Waals surface area contributed by atoms with Gasteiger partial charge in [-0.25, -0.2) is 8.42 Å². The van der Waals surface area contributed by atoms with E-state index in [9.17, 15) is 27.3 Å². The molecule has 0 saturated carbocycles. The Hall–Kier alpha value is -0.760. The predicted molar refractivity (Wildman–Crippen MR) is 98.2 cm³/mol. The molecule has 2 fully saturated rings. The van der Waals surface area contributed by atoms with Gasteiger partial charge in [-0.05, 0) is 32.9 Å². The number of nitrogens with zero attached hydrogens (tertiary/aromatic N) is 2. The van der Waals surface area contributed by atoms with E-state index in [1.165, 1.54) is 26.0 Å². The van der Waals surface area contributed by atoms with Crippen LogP contribution in [0.5, 0.6) is 0 Å². The van der Waals surface area contributed by atoms with E-state index < -0.39 is 48.9 Å². The van der Waals surface area contributed by atoms with E-state index >= 15 is 0 Å². The second-order valence-corrected chi connectivity index (χ2v) is 11.3. The van der Waals surface area contributed by atoms with Crippen molar-refractivity contribution in [3.8, 4) is 0 Å². The Morgan fingerprint density at radius 1 is 1.32 bits per heavy atom. The minimum absolute atomic E-state index is 0. The third-order valence-electron chi connectivity index (χ3n) is 4.44. The number of carbonyl (C=O) groups excluding carboxylic acids is 2. The van der Waals surface area contributed by atoms with Crippen LogP contribution in [0.1, 0.15) is 19.4 Å². The van der Waals surface area contributed by atoms with Gasteiger partial charge in [-0.15, -0.1) is 4.13 Å². The number of carbonyl (C=O) groups is 2. The van der Waals surface area contributed by atoms with Crippen molar-refractivity contribution < 1.29 is 56.9 Å². The van der Waals surface area contributed by atoms with Gasteiger partial charge in [0, 0.05) is 0 Å². The van der Waals surface area contributed by atoms with Gasteiger partial charge < -0.3 is 14.8 Å². The first-order chi connectivity index (χ1) is 12.5. The summed E-state index contributed by atoms with van der Waals surface area (Å²) in [6.07, 6.45) is 0. The van der Waals surface area contributed by atoms with E-state index in [0.717, 1.165) is 10.5 Å². The maximum atomic E-state index is 12.6. The van der Waals surface area contributed by atoms with E-state index in [0.29, 0.717) is 12.1 Å². The topological polar surface area (TPSA) is 136 Å². The molecule has 2 saturated heterocycles. The van der Waals surface area contributed by atoms with Crippen LogP contribution in [-0.4, -0.2) is 51.3 Å². The fourth-order valence-corrected chi connectivity index (χ4v) is 6.51. The molecule has 3 atom stereocenters. The van der Waals surface area contributed by atoms with E-state index in [1.54, 1.807) is 12.1 Å². The van der Waals surface area contributed by atoms with Gasteiger partial charge in [0.15, 0.2) is 11.1 Å². The van der Waals surface area contributed by atoms with Crippen molar-refractivity contribution in [2.24, 2.45) is 4.40 Å². The quantitative estimate of drug-likeness (QED) is 0.274. The van der Waals surface area contributed by atoms with Crippen molar-refractivity contribution in [1.82, 2.24) is 9.03 Å². The second kappa shape index (κ2) is 8.17. The number of β-lactam (4-membered cyclic amide) rings is 1. The van der Waals surface area contributed by atoms with Gasteiger partial charge in [0.1, 0.15) is 0 Å². The van der Waals surface area contributed by atoms with E-state index in [4.69, 9.17) is 0 Å². The predicted octanol–water partition coefficient (Wildman–Crippen LogP) is -3.89. The van der Waals surface area contributed by atoms with Crippen molar-refractivity contribution in [2.75, 3.05) is 0 Å². The van der Waals surface area contributed by atoms with Crippen LogP contribution in [0, 0.1) is 6.92 Å². The maximum absolute atomic E-state index is 12.6. The number of hydrogen-bond acceptors (Lipinski definition) is 8. The summed E-state index contributed by atoms with van der Waals surface area (Å²) in [5, 5.41) is 10.4. The summed E-state index contributed by atoms with van der Waals surface area (Å²) in [5.41, 5.74) is 0.762. The van der Waals surface area contributed by atoms with E-state index in [2.05, 4.69) is 8.53 Å². The molecule has 9 nitrogen and oxygen atoms in total. The van der Waals surface area contributed by atoms with Crippen LogP contribution in [0.15, 0.2) is 33.6 Å². The van der Waals surface area contributed by atoms with Crippen LogP contribution in [0.25, 0.3) is 0 Å². The van der Waals surface area contributed by atoms with E-state index in [-0.39, 0.29) is 40.2 Å². The minimum Gasteiger partial charge on any atom is -0.548 e. The van der Waals surface area contributed by atoms with Crippen molar-refractivity contribution in [1.29, 1.82) is 0 Å². The van der Waals surface area contributed by atoms with Crippen molar-refractivity contribution in [3.05, 3.63) is 29.8 Å². The first kappa shape index (κ1) is 23.5. The number of fused-ring (bicyclic) bond motifs is 1. The first-order valence-electron chi connectivity index (χ1n) is 7.75. The summed E-state index contributed by atoms with van der Waals surface area (Å²) in [5.74, 6) is -2.19. The average molecular weight is 453 g/mol. The molecule has 1 aromatic rings. The molecule has 2 aliphatic heterocycles. The largest absolute Gasteiger partial charge is 1.00 e. The van der Waals surface area contributed by atoms with Crippen LogP contribution in [0.2, 0.25) is 0 Å². The minimum atomic E-state index is -3.86. The third-order valence-corrected chi connectivity index (χ3v) is 8.92. The molecule has 1 N–H and O–H groups in total. The van der Waals surface area contributed by atoms with Crippen molar-refractivity contribution in [2.45, 2.75) is 41.8 Å². The number of hydrogen-bond donors (Lipinski definition) is 1. The fourth-order valence-electron chi connectivity index (χ4n) is 2.96. The Balaban J connectivity index is 0.00000280. The molecule has 2 aliphatic rings. The van der Waals surface area contributed by atoms with Crippen LogP contribution in [0.4, 0.5) is 0 Å². The van der Waals surface area contributed by atoms with Gasteiger partial charge in [0.25, 0.3) is 15.9 Å². The molecule has 1 amide bonds. The van der Waals surface area contributed by atoms with E-state index in [1.807, 2.05) is 6.92 Å². The molecular formula is C15H16N3NaO6S3. The number of nitrogens with one attached hydrogen (secondary N) is 1. The van der Waals surface area contributed by atoms with Crippen LogP contribution >= 0.6 is 12.1 Å². The van der Waals surface area contributed by atoms with Crippen LogP contribution in [-0.2, 0) is 30.4 Å². The summed E-state index contributed by atoms with van der Waals surface area (Å²) in [6.45, 7) is 4.77. The summed E-state index contributed by atoms with van der Waals surface area (Å²) in [7, 11) is -5.58. The number of aryl methyl sites for hydroxylation is 1. The summed E-state index contributed by atoms with van der Waals surface area (Å²) < 4.78 is 41.8. The standard InChI is InChI=1S/C15H17N3O6S3.Na/c1-8-4-6-9(7-5-8)27(23,24)17-25-16-10-12(19)18-11(14(20)21)15(2,3)26(22)13(10)18;/h4-7,11,13,17H,1-3H3,(H,20,21);/q;+1/p-1/t11-,13+,26?;/m0./s1. The SMILES string of the molecule is Cc1ccc(S(=O)(=O)NSN=C2C(=O)N3[C@@H]2S(=O)C(C)(C)[C@@H]3C(=O)[O-])cc1.[Na+]. The zero-order valence-corrected chi connectivity index (χ0v) is 20.0. The van der Waals surface area contributed by atoms with Gasteiger partial charge in [-0.1, -0.05) is 17.7 Å². The van der Waals surface area contributed by atoms with Gasteiger partial charge in [-0.2, -0.15) is 4.40 Å². The first-order valence-corrected chi connectivity index (χ1v) is 11.2. The fraction of sp³-hybridized carbons (Fsp3) is 0.400. The Morgan fingerprint density at radius 2 is 1.89 bits per heavy atom. The Bertz CT molecular complexity index is 977. The Kier molecular flexibility index (Phi) is 6.86. The molecule has 0 aliphatic carbocycles. The van der Waals surface area contributed by atoms with Gasteiger partial charge in [0.2, 0.25) is 0 Å². The number of carboxylic acid groups (broad SMARTS) is 1. The summed E-state index contributed by atoms with van der Waals surface area (Å²) >= 11 is 0.413.